The topological polar surface area (TPSA) is 22.1 Å². The number of hydrogen-bond acceptors (Lipinski definition) is 2. The number of benzene rings is 1. The molecule has 0 bridgehead atoms. The van der Waals surface area contributed by atoms with E-state index < -0.39 is 11.9 Å². The molecule has 1 aromatic carbocycles. The molecule has 2 rings (SSSR count). The Balaban J connectivity index is 2.61. The monoisotopic (exact) mass is 321 g/mol. The van der Waals surface area contributed by atoms with E-state index in [9.17, 15) is 13.2 Å². The smallest absolute Gasteiger partial charge is 0.433 e. The number of pyridine rings is 1. The highest BCUT2D eigenvalue weighted by molar-refractivity contribution is 6.36. The summed E-state index contributed by atoms with van der Waals surface area (Å²) in [5.41, 5.74) is -0.628. The number of alkyl halides is 3. The molecule has 0 amide bonds. The largest absolute Gasteiger partial charge is 0.497 e. The maximum atomic E-state index is 12.8. The first-order chi connectivity index (χ1) is 9.31. The van der Waals surface area contributed by atoms with Crippen LogP contribution in [0.15, 0.2) is 30.3 Å². The van der Waals surface area contributed by atoms with Crippen molar-refractivity contribution < 1.29 is 17.9 Å². The van der Waals surface area contributed by atoms with Crippen LogP contribution in [0.3, 0.4) is 0 Å². The molecule has 106 valence electrons. The molecule has 2 aromatic rings. The molecule has 0 aliphatic heterocycles. The zero-order chi connectivity index (χ0) is 14.9. The van der Waals surface area contributed by atoms with Crippen LogP contribution in [0.4, 0.5) is 13.2 Å². The lowest BCUT2D eigenvalue weighted by atomic mass is 10.1. The van der Waals surface area contributed by atoms with Gasteiger partial charge in [0.05, 0.1) is 17.8 Å². The molecular formula is C13H8Cl2F3NO. The summed E-state index contributed by atoms with van der Waals surface area (Å²) in [5, 5.41) is 0.601. The van der Waals surface area contributed by atoms with E-state index in [1.54, 1.807) is 0 Å². The average Bonchev–Trinajstić information content (AvgIpc) is 2.37. The van der Waals surface area contributed by atoms with Crippen LogP contribution in [0.25, 0.3) is 11.3 Å². The quantitative estimate of drug-likeness (QED) is 0.769. The van der Waals surface area contributed by atoms with Crippen LogP contribution < -0.4 is 4.74 Å². The van der Waals surface area contributed by atoms with Crippen molar-refractivity contribution in [3.8, 4) is 17.0 Å². The number of methoxy groups -OCH3 is 1. The van der Waals surface area contributed by atoms with Crippen molar-refractivity contribution in [1.82, 2.24) is 4.98 Å². The van der Waals surface area contributed by atoms with Crippen LogP contribution in [-0.4, -0.2) is 12.1 Å². The van der Waals surface area contributed by atoms with Gasteiger partial charge in [-0.25, -0.2) is 4.98 Å². The molecule has 1 aromatic heterocycles. The van der Waals surface area contributed by atoms with Crippen LogP contribution in [0.2, 0.25) is 10.0 Å². The van der Waals surface area contributed by atoms with Gasteiger partial charge < -0.3 is 4.74 Å². The van der Waals surface area contributed by atoms with Gasteiger partial charge in [-0.15, -0.1) is 0 Å². The number of hydrogen-bond donors (Lipinski definition) is 0. The Morgan fingerprint density at radius 2 is 1.80 bits per heavy atom. The molecule has 1 heterocycles. The number of aromatic nitrogens is 1. The molecule has 0 fully saturated rings. The zero-order valence-corrected chi connectivity index (χ0v) is 11.6. The minimum absolute atomic E-state index is 0.0494. The highest BCUT2D eigenvalue weighted by Crippen LogP contribution is 2.35. The van der Waals surface area contributed by atoms with Crippen LogP contribution >= 0.6 is 23.2 Å². The van der Waals surface area contributed by atoms with E-state index in [2.05, 4.69) is 4.98 Å². The first-order valence-electron chi connectivity index (χ1n) is 5.40. The van der Waals surface area contributed by atoms with Crippen molar-refractivity contribution in [2.75, 3.05) is 7.11 Å². The Kier molecular flexibility index (Phi) is 4.11. The second-order valence-electron chi connectivity index (χ2n) is 3.90. The molecule has 0 aliphatic carbocycles. The summed E-state index contributed by atoms with van der Waals surface area (Å²) >= 11 is 11.7. The fraction of sp³-hybridized carbons (Fsp3) is 0.154. The van der Waals surface area contributed by atoms with Crippen molar-refractivity contribution in [3.05, 3.63) is 46.1 Å². The third kappa shape index (κ3) is 3.16. The van der Waals surface area contributed by atoms with Crippen LogP contribution in [0.1, 0.15) is 5.69 Å². The Morgan fingerprint density at radius 3 is 2.35 bits per heavy atom. The van der Waals surface area contributed by atoms with Gasteiger partial charge in [0.25, 0.3) is 0 Å². The lowest BCUT2D eigenvalue weighted by Gasteiger charge is -2.11. The molecule has 0 saturated heterocycles. The summed E-state index contributed by atoms with van der Waals surface area (Å²) in [4.78, 5) is 3.58. The van der Waals surface area contributed by atoms with Crippen molar-refractivity contribution >= 4 is 23.2 Å². The van der Waals surface area contributed by atoms with Gasteiger partial charge in [-0.2, -0.15) is 13.2 Å². The molecule has 0 spiro atoms. The van der Waals surface area contributed by atoms with E-state index in [1.807, 2.05) is 0 Å². The molecule has 0 aliphatic rings. The van der Waals surface area contributed by atoms with E-state index in [0.29, 0.717) is 10.6 Å². The SMILES string of the molecule is COc1cc(-c2ccc(Cl)cc2Cl)nc(C(F)(F)F)c1. The van der Waals surface area contributed by atoms with Crippen molar-refractivity contribution in [2.45, 2.75) is 6.18 Å². The molecule has 0 N–H and O–H groups in total. The fourth-order valence-corrected chi connectivity index (χ4v) is 2.11. The van der Waals surface area contributed by atoms with Crippen LogP contribution in [0, 0.1) is 0 Å². The van der Waals surface area contributed by atoms with Crippen LogP contribution in [0.5, 0.6) is 5.75 Å². The second-order valence-corrected chi connectivity index (χ2v) is 4.74. The van der Waals surface area contributed by atoms with Gasteiger partial charge in [0.1, 0.15) is 11.4 Å². The summed E-state index contributed by atoms with van der Waals surface area (Å²) in [6.07, 6.45) is -4.57. The molecule has 0 radical (unpaired) electrons. The third-order valence-electron chi connectivity index (χ3n) is 2.53. The molecule has 7 heteroatoms. The lowest BCUT2D eigenvalue weighted by molar-refractivity contribution is -0.141. The first kappa shape index (κ1) is 14.9. The maximum Gasteiger partial charge on any atom is 0.433 e. The van der Waals surface area contributed by atoms with Gasteiger partial charge in [-0.05, 0) is 18.2 Å². The Labute approximate surface area is 123 Å². The molecule has 0 atom stereocenters. The van der Waals surface area contributed by atoms with Gasteiger partial charge in [0.2, 0.25) is 0 Å². The van der Waals surface area contributed by atoms with Crippen molar-refractivity contribution in [3.63, 3.8) is 0 Å². The predicted molar refractivity (Wildman–Crippen MR) is 71.2 cm³/mol. The highest BCUT2D eigenvalue weighted by Gasteiger charge is 2.33. The average molecular weight is 322 g/mol. The summed E-state index contributed by atoms with van der Waals surface area (Å²) in [6, 6.07) is 6.67. The van der Waals surface area contributed by atoms with E-state index in [0.717, 1.165) is 6.07 Å². The minimum Gasteiger partial charge on any atom is -0.497 e. The number of nitrogens with zero attached hydrogens (tertiary/aromatic N) is 1. The number of ether oxygens (including phenoxy) is 1. The molecule has 0 unspecified atom stereocenters. The van der Waals surface area contributed by atoms with E-state index in [-0.39, 0.29) is 16.5 Å². The molecule has 20 heavy (non-hydrogen) atoms. The maximum absolute atomic E-state index is 12.8. The van der Waals surface area contributed by atoms with Gasteiger partial charge in [0.15, 0.2) is 0 Å². The Morgan fingerprint density at radius 1 is 1.10 bits per heavy atom. The van der Waals surface area contributed by atoms with Gasteiger partial charge in [-0.1, -0.05) is 23.2 Å². The minimum atomic E-state index is -4.57. The van der Waals surface area contributed by atoms with E-state index >= 15 is 0 Å². The molecule has 2 nitrogen and oxygen atoms in total. The predicted octanol–water partition coefficient (Wildman–Crippen LogP) is 5.08. The third-order valence-corrected chi connectivity index (χ3v) is 3.08. The summed E-state index contributed by atoms with van der Waals surface area (Å²) < 4.78 is 43.2. The van der Waals surface area contributed by atoms with Crippen molar-refractivity contribution in [1.29, 1.82) is 0 Å². The first-order valence-corrected chi connectivity index (χ1v) is 6.15. The Hall–Kier alpha value is -1.46. The van der Waals surface area contributed by atoms with Crippen LogP contribution in [-0.2, 0) is 6.18 Å². The van der Waals surface area contributed by atoms with E-state index in [1.165, 1.54) is 31.4 Å². The summed E-state index contributed by atoms with van der Waals surface area (Å²) in [7, 11) is 1.28. The highest BCUT2D eigenvalue weighted by atomic mass is 35.5. The number of rotatable bonds is 2. The second kappa shape index (κ2) is 5.50. The molecular weight excluding hydrogens is 314 g/mol. The summed E-state index contributed by atoms with van der Waals surface area (Å²) in [6.45, 7) is 0. The van der Waals surface area contributed by atoms with E-state index in [4.69, 9.17) is 27.9 Å². The lowest BCUT2D eigenvalue weighted by Crippen LogP contribution is -2.09. The van der Waals surface area contributed by atoms with Gasteiger partial charge in [-0.3, -0.25) is 0 Å². The van der Waals surface area contributed by atoms with Gasteiger partial charge in [0, 0.05) is 22.7 Å². The van der Waals surface area contributed by atoms with Gasteiger partial charge >= 0.3 is 6.18 Å². The normalized spacial score (nSPS) is 11.5. The fourth-order valence-electron chi connectivity index (χ4n) is 1.60. The number of halogens is 5. The Bertz CT molecular complexity index is 644. The zero-order valence-electron chi connectivity index (χ0n) is 10.1. The molecule has 0 saturated carbocycles. The standard InChI is InChI=1S/C13H8Cl2F3NO/c1-20-8-5-11(19-12(6-8)13(16,17)18)9-3-2-7(14)4-10(9)15/h2-6H,1H3. The van der Waals surface area contributed by atoms with Crippen molar-refractivity contribution in [2.24, 2.45) is 0 Å². The summed E-state index contributed by atoms with van der Waals surface area (Å²) in [5.74, 6) is 0.0494.